The van der Waals surface area contributed by atoms with Crippen molar-refractivity contribution in [1.82, 2.24) is 15.1 Å². The molecule has 7 nitrogen and oxygen atoms in total. The second kappa shape index (κ2) is 11.0. The van der Waals surface area contributed by atoms with E-state index in [1.807, 2.05) is 67.1 Å². The lowest BCUT2D eigenvalue weighted by Crippen LogP contribution is -2.28. The Labute approximate surface area is 182 Å². The quantitative estimate of drug-likeness (QED) is 0.229. The van der Waals surface area contributed by atoms with Crippen molar-refractivity contribution in [2.75, 3.05) is 13.2 Å². The van der Waals surface area contributed by atoms with Crippen LogP contribution in [0.25, 0.3) is 0 Å². The first-order valence-electron chi connectivity index (χ1n) is 10.4. The number of rotatable bonds is 10. The summed E-state index contributed by atoms with van der Waals surface area (Å²) < 4.78 is 1.94. The van der Waals surface area contributed by atoms with Gasteiger partial charge in [-0.25, -0.2) is 0 Å². The number of benzene rings is 2. The van der Waals surface area contributed by atoms with E-state index in [0.29, 0.717) is 13.1 Å². The first-order valence-corrected chi connectivity index (χ1v) is 10.4. The van der Waals surface area contributed by atoms with Crippen LogP contribution in [-0.2, 0) is 22.6 Å². The number of aromatic nitrogens is 2. The smallest absolute Gasteiger partial charge is 0.260 e. The van der Waals surface area contributed by atoms with E-state index in [1.54, 1.807) is 0 Å². The molecule has 0 fully saturated rings. The molecule has 0 radical (unpaired) electrons. The van der Waals surface area contributed by atoms with Crippen LogP contribution in [0, 0.1) is 13.8 Å². The number of carbonyl (C=O) groups is 1. The van der Waals surface area contributed by atoms with Gasteiger partial charge in [-0.05, 0) is 49.9 Å². The molecule has 1 aromatic heterocycles. The lowest BCUT2D eigenvalue weighted by atomic mass is 10.1. The lowest BCUT2D eigenvalue weighted by molar-refractivity contribution is -0.125. The number of hydrogen-bond donors (Lipinski definition) is 2. The molecule has 0 bridgehead atoms. The van der Waals surface area contributed by atoms with E-state index >= 15 is 0 Å². The average Bonchev–Trinajstić information content (AvgIpc) is 3.08. The SMILES string of the molecule is Cc1cc(C)n(Cc2cccc(/C(N)=N/OCC(=O)NCCCc3ccccc3)c2)n1. The predicted octanol–water partition coefficient (Wildman–Crippen LogP) is 2.93. The molecule has 3 N–H and O–H groups in total. The molecule has 0 spiro atoms. The maximum atomic E-state index is 11.9. The number of nitrogens with zero attached hydrogens (tertiary/aromatic N) is 3. The van der Waals surface area contributed by atoms with Gasteiger partial charge in [-0.3, -0.25) is 9.48 Å². The van der Waals surface area contributed by atoms with Crippen LogP contribution in [0.1, 0.15) is 34.5 Å². The topological polar surface area (TPSA) is 94.5 Å². The Balaban J connectivity index is 1.43. The van der Waals surface area contributed by atoms with Gasteiger partial charge < -0.3 is 15.9 Å². The fourth-order valence-corrected chi connectivity index (χ4v) is 3.27. The Morgan fingerprint density at radius 1 is 1.10 bits per heavy atom. The molecule has 162 valence electrons. The number of amides is 1. The van der Waals surface area contributed by atoms with Crippen LogP contribution in [0.3, 0.4) is 0 Å². The Bertz CT molecular complexity index is 1030. The van der Waals surface area contributed by atoms with Gasteiger partial charge in [-0.15, -0.1) is 0 Å². The summed E-state index contributed by atoms with van der Waals surface area (Å²) in [7, 11) is 0. The lowest BCUT2D eigenvalue weighted by Gasteiger charge is -2.08. The van der Waals surface area contributed by atoms with Crippen LogP contribution in [0.2, 0.25) is 0 Å². The fourth-order valence-electron chi connectivity index (χ4n) is 3.27. The average molecular weight is 420 g/mol. The molecule has 7 heteroatoms. The van der Waals surface area contributed by atoms with Gasteiger partial charge in [0.15, 0.2) is 12.4 Å². The zero-order chi connectivity index (χ0) is 22.1. The molecule has 31 heavy (non-hydrogen) atoms. The van der Waals surface area contributed by atoms with Gasteiger partial charge in [0.05, 0.1) is 12.2 Å². The standard InChI is InChI=1S/C24H29N5O2/c1-18-14-19(2)29(27-18)16-21-10-6-12-22(15-21)24(25)28-31-17-23(30)26-13-7-11-20-8-4-3-5-9-20/h3-6,8-10,12,14-15H,7,11,13,16-17H2,1-2H3,(H2,25,28)(H,26,30). The minimum Gasteiger partial charge on any atom is -0.384 e. The first-order chi connectivity index (χ1) is 15.0. The number of aryl methyl sites for hydroxylation is 3. The molecule has 0 saturated heterocycles. The van der Waals surface area contributed by atoms with E-state index in [9.17, 15) is 4.79 Å². The zero-order valence-corrected chi connectivity index (χ0v) is 18.0. The van der Waals surface area contributed by atoms with Crippen LogP contribution in [0.4, 0.5) is 0 Å². The second-order valence-corrected chi connectivity index (χ2v) is 7.47. The molecular weight excluding hydrogens is 390 g/mol. The van der Waals surface area contributed by atoms with Gasteiger partial charge in [0.2, 0.25) is 0 Å². The van der Waals surface area contributed by atoms with Crippen molar-refractivity contribution < 1.29 is 9.63 Å². The van der Waals surface area contributed by atoms with Crippen LogP contribution >= 0.6 is 0 Å². The molecule has 0 aliphatic heterocycles. The Morgan fingerprint density at radius 3 is 2.61 bits per heavy atom. The highest BCUT2D eigenvalue weighted by molar-refractivity contribution is 5.97. The van der Waals surface area contributed by atoms with E-state index in [-0.39, 0.29) is 18.3 Å². The van der Waals surface area contributed by atoms with Crippen molar-refractivity contribution in [3.63, 3.8) is 0 Å². The Hall–Kier alpha value is -3.61. The zero-order valence-electron chi connectivity index (χ0n) is 18.0. The Kier molecular flexibility index (Phi) is 7.81. The van der Waals surface area contributed by atoms with Crippen LogP contribution in [0.5, 0.6) is 0 Å². The van der Waals surface area contributed by atoms with Crippen LogP contribution < -0.4 is 11.1 Å². The van der Waals surface area contributed by atoms with Gasteiger partial charge in [0.1, 0.15) is 0 Å². The molecule has 0 aliphatic rings. The molecule has 2 aromatic carbocycles. The first kappa shape index (κ1) is 22.1. The number of oxime groups is 1. The van der Waals surface area contributed by atoms with Crippen molar-refractivity contribution >= 4 is 11.7 Å². The molecule has 0 unspecified atom stereocenters. The van der Waals surface area contributed by atoms with Crippen LogP contribution in [0.15, 0.2) is 65.8 Å². The van der Waals surface area contributed by atoms with Gasteiger partial charge in [-0.2, -0.15) is 5.10 Å². The van der Waals surface area contributed by atoms with Crippen molar-refractivity contribution in [3.05, 3.63) is 88.7 Å². The molecule has 0 saturated carbocycles. The Morgan fingerprint density at radius 2 is 1.87 bits per heavy atom. The van der Waals surface area contributed by atoms with Crippen molar-refractivity contribution in [2.45, 2.75) is 33.2 Å². The second-order valence-electron chi connectivity index (χ2n) is 7.47. The molecular formula is C24H29N5O2. The van der Waals surface area contributed by atoms with Gasteiger partial charge in [0.25, 0.3) is 5.91 Å². The maximum absolute atomic E-state index is 11.9. The summed E-state index contributed by atoms with van der Waals surface area (Å²) in [4.78, 5) is 17.0. The summed E-state index contributed by atoms with van der Waals surface area (Å²) in [5.41, 5.74) is 11.2. The summed E-state index contributed by atoms with van der Waals surface area (Å²) in [6, 6.07) is 19.9. The van der Waals surface area contributed by atoms with E-state index in [0.717, 1.165) is 35.4 Å². The number of nitrogens with one attached hydrogen (secondary N) is 1. The summed E-state index contributed by atoms with van der Waals surface area (Å²) in [6.07, 6.45) is 1.78. The van der Waals surface area contributed by atoms with E-state index in [4.69, 9.17) is 10.6 Å². The molecule has 3 aromatic rings. The monoisotopic (exact) mass is 419 g/mol. The van der Waals surface area contributed by atoms with E-state index in [1.165, 1.54) is 5.56 Å². The highest BCUT2D eigenvalue weighted by Gasteiger charge is 2.06. The van der Waals surface area contributed by atoms with Gasteiger partial charge in [-0.1, -0.05) is 53.7 Å². The summed E-state index contributed by atoms with van der Waals surface area (Å²) in [6.45, 7) is 5.07. The van der Waals surface area contributed by atoms with Gasteiger partial charge >= 0.3 is 0 Å². The number of hydrogen-bond acceptors (Lipinski definition) is 4. The number of amidine groups is 1. The molecule has 0 aliphatic carbocycles. The molecule has 1 heterocycles. The van der Waals surface area contributed by atoms with Gasteiger partial charge in [0, 0.05) is 17.8 Å². The third kappa shape index (κ3) is 6.99. The molecule has 3 rings (SSSR count). The normalized spacial score (nSPS) is 11.4. The number of nitrogens with two attached hydrogens (primary N) is 1. The summed E-state index contributed by atoms with van der Waals surface area (Å²) in [5, 5.41) is 11.2. The fraction of sp³-hybridized carbons (Fsp3) is 0.292. The summed E-state index contributed by atoms with van der Waals surface area (Å²) in [5.74, 6) is 0.00925. The van der Waals surface area contributed by atoms with Crippen molar-refractivity contribution in [1.29, 1.82) is 0 Å². The van der Waals surface area contributed by atoms with Crippen molar-refractivity contribution in [3.8, 4) is 0 Å². The summed E-state index contributed by atoms with van der Waals surface area (Å²) >= 11 is 0. The minimum absolute atomic E-state index is 0.169. The third-order valence-electron chi connectivity index (χ3n) is 4.82. The predicted molar refractivity (Wildman–Crippen MR) is 122 cm³/mol. The van der Waals surface area contributed by atoms with Crippen molar-refractivity contribution in [2.24, 2.45) is 10.9 Å². The van der Waals surface area contributed by atoms with E-state index < -0.39 is 0 Å². The molecule has 1 amide bonds. The van der Waals surface area contributed by atoms with E-state index in [2.05, 4.69) is 27.7 Å². The largest absolute Gasteiger partial charge is 0.384 e. The highest BCUT2D eigenvalue weighted by atomic mass is 16.6. The van der Waals surface area contributed by atoms with Crippen LogP contribution in [-0.4, -0.2) is 34.7 Å². The highest BCUT2D eigenvalue weighted by Crippen LogP contribution is 2.10. The third-order valence-corrected chi connectivity index (χ3v) is 4.82. The molecule has 0 atom stereocenters. The maximum Gasteiger partial charge on any atom is 0.260 e. The number of carbonyl (C=O) groups excluding carboxylic acids is 1. The minimum atomic E-state index is -0.220.